The van der Waals surface area contributed by atoms with Crippen molar-refractivity contribution in [2.45, 2.75) is 122 Å². The Morgan fingerprint density at radius 2 is 1.22 bits per heavy atom. The summed E-state index contributed by atoms with van der Waals surface area (Å²) in [6, 6.07) is -0.387. The normalized spacial score (nSPS) is 27.4. The Balaban J connectivity index is 0.000000205. The SMILES string of the molecule is CC(C)(C)OC(=O)N1C2CCC1CC(=O)C2.COC(=O)C1=C(O)CC2CCC1N2C(=O)OC(C)(C)C. The van der Waals surface area contributed by atoms with Crippen molar-refractivity contribution < 1.29 is 38.5 Å². The molecule has 4 aliphatic rings. The molecule has 3 saturated heterocycles. The number of aliphatic hydroxyl groups excluding tert-OH is 1. The summed E-state index contributed by atoms with van der Waals surface area (Å²) in [7, 11) is 1.27. The molecular weight excluding hydrogens is 468 g/mol. The minimum atomic E-state index is -0.592. The van der Waals surface area contributed by atoms with Gasteiger partial charge in [0.05, 0.1) is 18.7 Å². The zero-order valence-corrected chi connectivity index (χ0v) is 22.5. The molecule has 4 heterocycles. The second-order valence-electron chi connectivity index (χ2n) is 11.9. The third-order valence-electron chi connectivity index (χ3n) is 6.74. The zero-order valence-electron chi connectivity index (χ0n) is 22.5. The van der Waals surface area contributed by atoms with Gasteiger partial charge in [-0.25, -0.2) is 14.4 Å². The Morgan fingerprint density at radius 3 is 1.69 bits per heavy atom. The van der Waals surface area contributed by atoms with Crippen molar-refractivity contribution in [3.63, 3.8) is 0 Å². The zero-order chi connectivity index (χ0) is 27.0. The third kappa shape index (κ3) is 6.31. The number of esters is 1. The minimum Gasteiger partial charge on any atom is -0.512 e. The van der Waals surface area contributed by atoms with Gasteiger partial charge in [-0.05, 0) is 67.2 Å². The number of methoxy groups -OCH3 is 1. The monoisotopic (exact) mass is 508 g/mol. The fourth-order valence-electron chi connectivity index (χ4n) is 5.43. The summed E-state index contributed by atoms with van der Waals surface area (Å²) in [4.78, 5) is 50.8. The predicted molar refractivity (Wildman–Crippen MR) is 130 cm³/mol. The molecule has 4 atom stereocenters. The quantitative estimate of drug-likeness (QED) is 0.412. The van der Waals surface area contributed by atoms with Gasteiger partial charge in [0.15, 0.2) is 0 Å². The highest BCUT2D eigenvalue weighted by molar-refractivity contribution is 5.92. The first kappa shape index (κ1) is 27.8. The standard InChI is InChI=1S/C14H21NO5.C12H19NO3/c1-14(2,3)20-13(18)15-8-5-6-9(15)11(10(16)7-8)12(17)19-4;1-12(2,3)16-11(15)13-8-4-5-9(13)7-10(14)6-8/h8-9,16H,5-7H2,1-4H3;8-9H,4-7H2,1-3H3. The molecule has 10 nitrogen and oxygen atoms in total. The summed E-state index contributed by atoms with van der Waals surface area (Å²) < 4.78 is 15.5. The first-order valence-electron chi connectivity index (χ1n) is 12.7. The summed E-state index contributed by atoms with van der Waals surface area (Å²) >= 11 is 0. The molecule has 3 fully saturated rings. The number of hydrogen-bond donors (Lipinski definition) is 1. The van der Waals surface area contributed by atoms with Crippen LogP contribution in [-0.2, 0) is 23.8 Å². The van der Waals surface area contributed by atoms with Gasteiger partial charge in [-0.2, -0.15) is 0 Å². The van der Waals surface area contributed by atoms with E-state index in [0.29, 0.717) is 19.3 Å². The van der Waals surface area contributed by atoms with Gasteiger partial charge in [0.2, 0.25) is 0 Å². The first-order chi connectivity index (χ1) is 16.6. The molecule has 4 aliphatic heterocycles. The van der Waals surface area contributed by atoms with Crippen molar-refractivity contribution in [1.29, 1.82) is 0 Å². The number of fused-ring (bicyclic) bond motifs is 4. The van der Waals surface area contributed by atoms with Crippen molar-refractivity contribution >= 4 is 23.9 Å². The van der Waals surface area contributed by atoms with Crippen LogP contribution in [0.25, 0.3) is 0 Å². The molecule has 4 unspecified atom stereocenters. The van der Waals surface area contributed by atoms with Crippen LogP contribution in [0.5, 0.6) is 0 Å². The van der Waals surface area contributed by atoms with E-state index < -0.39 is 29.3 Å². The maximum atomic E-state index is 12.3. The van der Waals surface area contributed by atoms with Crippen LogP contribution in [0.15, 0.2) is 11.3 Å². The van der Waals surface area contributed by atoms with Crippen LogP contribution in [0, 0.1) is 0 Å². The lowest BCUT2D eigenvalue weighted by molar-refractivity contribution is -0.137. The maximum Gasteiger partial charge on any atom is 0.411 e. The number of amides is 2. The maximum absolute atomic E-state index is 12.3. The van der Waals surface area contributed by atoms with Crippen molar-refractivity contribution in [3.8, 4) is 0 Å². The number of carbonyl (C=O) groups is 4. The lowest BCUT2D eigenvalue weighted by atomic mass is 10.00. The van der Waals surface area contributed by atoms with Crippen LogP contribution < -0.4 is 0 Å². The van der Waals surface area contributed by atoms with Crippen molar-refractivity contribution in [1.82, 2.24) is 9.80 Å². The summed E-state index contributed by atoms with van der Waals surface area (Å²) in [5, 5.41) is 9.98. The smallest absolute Gasteiger partial charge is 0.411 e. The van der Waals surface area contributed by atoms with Gasteiger partial charge in [0.25, 0.3) is 0 Å². The summed E-state index contributed by atoms with van der Waals surface area (Å²) in [5.41, 5.74) is -0.865. The van der Waals surface area contributed by atoms with Crippen LogP contribution in [0.1, 0.15) is 86.5 Å². The number of aliphatic hydroxyl groups is 1. The third-order valence-corrected chi connectivity index (χ3v) is 6.74. The van der Waals surface area contributed by atoms with E-state index >= 15 is 0 Å². The molecule has 2 amide bonds. The Kier molecular flexibility index (Phi) is 7.95. The highest BCUT2D eigenvalue weighted by Crippen LogP contribution is 2.40. The molecule has 0 aliphatic carbocycles. The fourth-order valence-corrected chi connectivity index (χ4v) is 5.43. The van der Waals surface area contributed by atoms with E-state index in [2.05, 4.69) is 0 Å². The average Bonchev–Trinajstić information content (AvgIpc) is 3.19. The van der Waals surface area contributed by atoms with Crippen LogP contribution in [-0.4, -0.2) is 81.3 Å². The highest BCUT2D eigenvalue weighted by atomic mass is 16.6. The Labute approximate surface area is 212 Å². The molecular formula is C26H40N2O8. The molecule has 10 heteroatoms. The fraction of sp³-hybridized carbons (Fsp3) is 0.769. The molecule has 4 rings (SSSR count). The lowest BCUT2D eigenvalue weighted by Gasteiger charge is -2.36. The van der Waals surface area contributed by atoms with E-state index in [4.69, 9.17) is 14.2 Å². The van der Waals surface area contributed by atoms with E-state index in [-0.39, 0.29) is 47.8 Å². The molecule has 1 N–H and O–H groups in total. The van der Waals surface area contributed by atoms with Crippen LogP contribution in [0.4, 0.5) is 9.59 Å². The molecule has 202 valence electrons. The molecule has 4 bridgehead atoms. The molecule has 0 aromatic rings. The molecule has 0 radical (unpaired) electrons. The first-order valence-corrected chi connectivity index (χ1v) is 12.7. The molecule has 0 spiro atoms. The summed E-state index contributed by atoms with van der Waals surface area (Å²) in [6.45, 7) is 11.0. The predicted octanol–water partition coefficient (Wildman–Crippen LogP) is 4.26. The van der Waals surface area contributed by atoms with Gasteiger partial charge < -0.3 is 24.2 Å². The molecule has 0 saturated carbocycles. The molecule has 0 aromatic heterocycles. The summed E-state index contributed by atoms with van der Waals surface area (Å²) in [5.74, 6) is -0.266. The number of Topliss-reactive ketones (excluding diaryl/α,β-unsaturated/α-hetero) is 1. The number of hydrogen-bond acceptors (Lipinski definition) is 8. The van der Waals surface area contributed by atoms with Crippen molar-refractivity contribution in [2.75, 3.05) is 7.11 Å². The van der Waals surface area contributed by atoms with E-state index in [9.17, 15) is 24.3 Å². The van der Waals surface area contributed by atoms with Crippen LogP contribution in [0.3, 0.4) is 0 Å². The molecule has 0 aromatic carbocycles. The van der Waals surface area contributed by atoms with Crippen molar-refractivity contribution in [3.05, 3.63) is 11.3 Å². The van der Waals surface area contributed by atoms with E-state index in [1.165, 1.54) is 7.11 Å². The number of piperidine rings is 1. The summed E-state index contributed by atoms with van der Waals surface area (Å²) in [6.07, 6.45) is 3.86. The Hall–Kier alpha value is -2.78. The Morgan fingerprint density at radius 1 is 0.778 bits per heavy atom. The van der Waals surface area contributed by atoms with E-state index in [1.807, 2.05) is 20.8 Å². The number of carbonyl (C=O) groups excluding carboxylic acids is 4. The van der Waals surface area contributed by atoms with Gasteiger partial charge >= 0.3 is 18.2 Å². The number of ketones is 1. The van der Waals surface area contributed by atoms with Gasteiger partial charge in [-0.1, -0.05) is 0 Å². The van der Waals surface area contributed by atoms with Gasteiger partial charge in [0.1, 0.15) is 22.7 Å². The number of nitrogens with zero attached hydrogens (tertiary/aromatic N) is 2. The van der Waals surface area contributed by atoms with E-state index in [0.717, 1.165) is 19.3 Å². The second-order valence-corrected chi connectivity index (χ2v) is 11.9. The second kappa shape index (κ2) is 10.3. The van der Waals surface area contributed by atoms with E-state index in [1.54, 1.807) is 30.6 Å². The number of rotatable bonds is 1. The van der Waals surface area contributed by atoms with Gasteiger partial charge in [-0.3, -0.25) is 9.69 Å². The average molecular weight is 509 g/mol. The topological polar surface area (TPSA) is 123 Å². The van der Waals surface area contributed by atoms with Crippen molar-refractivity contribution in [2.24, 2.45) is 0 Å². The minimum absolute atomic E-state index is 0.0316. The highest BCUT2D eigenvalue weighted by Gasteiger charge is 2.48. The van der Waals surface area contributed by atoms with Gasteiger partial charge in [0, 0.05) is 37.4 Å². The lowest BCUT2D eigenvalue weighted by Crippen LogP contribution is -2.48. The van der Waals surface area contributed by atoms with Gasteiger partial charge in [-0.15, -0.1) is 0 Å². The Bertz CT molecular complexity index is 913. The number of ether oxygens (including phenoxy) is 3. The van der Waals surface area contributed by atoms with Crippen LogP contribution in [0.2, 0.25) is 0 Å². The molecule has 36 heavy (non-hydrogen) atoms. The van der Waals surface area contributed by atoms with Crippen LogP contribution >= 0.6 is 0 Å². The largest absolute Gasteiger partial charge is 0.512 e.